The minimum Gasteiger partial charge on any atom is -0.324 e. The van der Waals surface area contributed by atoms with E-state index >= 15 is 0 Å². The fourth-order valence-electron chi connectivity index (χ4n) is 2.99. The van der Waals surface area contributed by atoms with Crippen molar-refractivity contribution in [2.45, 2.75) is 11.9 Å². The maximum Gasteiger partial charge on any atom is 0.243 e. The molecule has 1 unspecified atom stereocenters. The first-order chi connectivity index (χ1) is 11.3. The van der Waals surface area contributed by atoms with Crippen LogP contribution in [-0.2, 0) is 11.3 Å². The second-order valence-electron chi connectivity index (χ2n) is 5.58. The van der Waals surface area contributed by atoms with Crippen molar-refractivity contribution in [3.8, 4) is 0 Å². The van der Waals surface area contributed by atoms with Crippen molar-refractivity contribution in [2.24, 2.45) is 0 Å². The number of amides is 1. The van der Waals surface area contributed by atoms with Gasteiger partial charge < -0.3 is 9.47 Å². The Hall–Kier alpha value is -2.27. The van der Waals surface area contributed by atoms with Crippen LogP contribution in [0.1, 0.15) is 10.9 Å². The van der Waals surface area contributed by atoms with Crippen molar-refractivity contribution >= 4 is 28.7 Å². The molecule has 0 bridgehead atoms. The predicted octanol–water partition coefficient (Wildman–Crippen LogP) is 3.31. The van der Waals surface area contributed by atoms with Crippen LogP contribution in [0.15, 0.2) is 60.9 Å². The Balaban J connectivity index is 1.56. The zero-order chi connectivity index (χ0) is 15.6. The third-order valence-corrected chi connectivity index (χ3v) is 5.39. The van der Waals surface area contributed by atoms with Crippen molar-refractivity contribution < 1.29 is 4.79 Å². The van der Waals surface area contributed by atoms with E-state index in [1.807, 2.05) is 63.7 Å². The van der Waals surface area contributed by atoms with Gasteiger partial charge in [-0.2, -0.15) is 0 Å². The third-order valence-electron chi connectivity index (χ3n) is 4.13. The molecule has 0 N–H and O–H groups in total. The quantitative estimate of drug-likeness (QED) is 0.742. The lowest BCUT2D eigenvalue weighted by Gasteiger charge is -2.24. The highest BCUT2D eigenvalue weighted by Crippen LogP contribution is 2.37. The van der Waals surface area contributed by atoms with Gasteiger partial charge in [-0.25, -0.2) is 4.98 Å². The molecule has 4 rings (SSSR count). The van der Waals surface area contributed by atoms with Gasteiger partial charge in [0.15, 0.2) is 0 Å². The molecule has 116 valence electrons. The monoisotopic (exact) mass is 323 g/mol. The van der Waals surface area contributed by atoms with Crippen LogP contribution in [-0.4, -0.2) is 32.7 Å². The molecule has 1 aromatic heterocycles. The Bertz CT molecular complexity index is 830. The number of para-hydroxylation sites is 2. The molecule has 1 fully saturated rings. The van der Waals surface area contributed by atoms with Crippen LogP contribution < -0.4 is 0 Å². The Morgan fingerprint density at radius 1 is 1.13 bits per heavy atom. The Morgan fingerprint density at radius 2 is 1.91 bits per heavy atom. The summed E-state index contributed by atoms with van der Waals surface area (Å²) >= 11 is 1.83. The summed E-state index contributed by atoms with van der Waals surface area (Å²) in [5.74, 6) is 1.13. The highest BCUT2D eigenvalue weighted by atomic mass is 32.2. The summed E-state index contributed by atoms with van der Waals surface area (Å²) in [5, 5.41) is 0.124. The largest absolute Gasteiger partial charge is 0.324 e. The van der Waals surface area contributed by atoms with Crippen LogP contribution >= 0.6 is 11.8 Å². The van der Waals surface area contributed by atoms with Crippen LogP contribution in [0.25, 0.3) is 11.0 Å². The average molecular weight is 323 g/mol. The minimum absolute atomic E-state index is 0.124. The van der Waals surface area contributed by atoms with Crippen LogP contribution in [0.4, 0.5) is 0 Å². The summed E-state index contributed by atoms with van der Waals surface area (Å²) in [5.41, 5.74) is 3.12. The van der Waals surface area contributed by atoms with Crippen molar-refractivity contribution in [2.75, 3.05) is 12.3 Å². The molecule has 5 heteroatoms. The van der Waals surface area contributed by atoms with E-state index in [0.29, 0.717) is 6.54 Å². The fourth-order valence-corrected chi connectivity index (χ4v) is 4.27. The second-order valence-corrected chi connectivity index (χ2v) is 6.77. The molecule has 2 heterocycles. The number of rotatable bonds is 3. The van der Waals surface area contributed by atoms with E-state index in [2.05, 4.69) is 17.1 Å². The molecule has 0 radical (unpaired) electrons. The van der Waals surface area contributed by atoms with E-state index in [1.165, 1.54) is 5.56 Å². The number of thioether (sulfide) groups is 1. The minimum atomic E-state index is 0.124. The molecule has 0 spiro atoms. The molecule has 1 aliphatic rings. The van der Waals surface area contributed by atoms with Crippen LogP contribution in [0.5, 0.6) is 0 Å². The van der Waals surface area contributed by atoms with Gasteiger partial charge in [0, 0.05) is 12.3 Å². The lowest BCUT2D eigenvalue weighted by molar-refractivity contribution is -0.131. The lowest BCUT2D eigenvalue weighted by Crippen LogP contribution is -2.33. The fraction of sp³-hybridized carbons (Fsp3) is 0.222. The standard InChI is InChI=1S/C18H17N3OS/c22-17(12-20-13-19-15-8-4-5-9-16(15)20)21-10-11-23-18(21)14-6-2-1-3-7-14/h1-9,13,18H,10-12H2. The Labute approximate surface area is 139 Å². The first-order valence-electron chi connectivity index (χ1n) is 7.69. The predicted molar refractivity (Wildman–Crippen MR) is 93.1 cm³/mol. The number of imidazole rings is 1. The number of hydrogen-bond acceptors (Lipinski definition) is 3. The summed E-state index contributed by atoms with van der Waals surface area (Å²) in [6.45, 7) is 1.14. The van der Waals surface area contributed by atoms with Crippen molar-refractivity contribution in [1.82, 2.24) is 14.5 Å². The average Bonchev–Trinajstić information content (AvgIpc) is 3.23. The molecular weight excluding hydrogens is 306 g/mol. The van der Waals surface area contributed by atoms with E-state index in [0.717, 1.165) is 23.3 Å². The third kappa shape index (κ3) is 2.72. The number of carbonyl (C=O) groups is 1. The summed E-state index contributed by atoms with van der Waals surface area (Å²) in [4.78, 5) is 19.1. The van der Waals surface area contributed by atoms with Crippen molar-refractivity contribution in [3.63, 3.8) is 0 Å². The molecule has 2 aromatic carbocycles. The number of hydrogen-bond donors (Lipinski definition) is 0. The van der Waals surface area contributed by atoms with E-state index in [-0.39, 0.29) is 11.3 Å². The first-order valence-corrected chi connectivity index (χ1v) is 8.74. The van der Waals surface area contributed by atoms with Gasteiger partial charge in [0.25, 0.3) is 0 Å². The van der Waals surface area contributed by atoms with Gasteiger partial charge in [-0.3, -0.25) is 4.79 Å². The number of nitrogens with zero attached hydrogens (tertiary/aromatic N) is 3. The van der Waals surface area contributed by atoms with E-state index in [9.17, 15) is 4.79 Å². The summed E-state index contributed by atoms with van der Waals surface area (Å²) in [6.07, 6.45) is 1.75. The number of fused-ring (bicyclic) bond motifs is 1. The van der Waals surface area contributed by atoms with Gasteiger partial charge in [0.05, 0.1) is 17.4 Å². The van der Waals surface area contributed by atoms with Gasteiger partial charge in [-0.05, 0) is 17.7 Å². The molecule has 1 aliphatic heterocycles. The van der Waals surface area contributed by atoms with Crippen LogP contribution in [0.2, 0.25) is 0 Å². The van der Waals surface area contributed by atoms with Crippen molar-refractivity contribution in [3.05, 3.63) is 66.5 Å². The molecule has 1 atom stereocenters. The molecule has 0 saturated carbocycles. The Morgan fingerprint density at radius 3 is 2.78 bits per heavy atom. The van der Waals surface area contributed by atoms with Gasteiger partial charge in [0.2, 0.25) is 5.91 Å². The van der Waals surface area contributed by atoms with Gasteiger partial charge in [-0.15, -0.1) is 11.8 Å². The topological polar surface area (TPSA) is 38.1 Å². The lowest BCUT2D eigenvalue weighted by atomic mass is 10.2. The number of benzene rings is 2. The van der Waals surface area contributed by atoms with Gasteiger partial charge in [0.1, 0.15) is 11.9 Å². The number of aromatic nitrogens is 2. The number of carbonyl (C=O) groups excluding carboxylic acids is 1. The van der Waals surface area contributed by atoms with E-state index in [4.69, 9.17) is 0 Å². The van der Waals surface area contributed by atoms with Gasteiger partial charge >= 0.3 is 0 Å². The smallest absolute Gasteiger partial charge is 0.243 e. The molecule has 1 amide bonds. The highest BCUT2D eigenvalue weighted by Gasteiger charge is 2.30. The molecule has 3 aromatic rings. The summed E-state index contributed by atoms with van der Waals surface area (Å²) < 4.78 is 1.93. The second kappa shape index (κ2) is 6.08. The molecule has 0 aliphatic carbocycles. The van der Waals surface area contributed by atoms with E-state index in [1.54, 1.807) is 6.33 Å². The van der Waals surface area contributed by atoms with Crippen LogP contribution in [0.3, 0.4) is 0 Å². The van der Waals surface area contributed by atoms with Gasteiger partial charge in [-0.1, -0.05) is 42.5 Å². The summed E-state index contributed by atoms with van der Waals surface area (Å²) in [7, 11) is 0. The highest BCUT2D eigenvalue weighted by molar-refractivity contribution is 7.99. The maximum absolute atomic E-state index is 12.8. The maximum atomic E-state index is 12.8. The molecule has 4 nitrogen and oxygen atoms in total. The zero-order valence-electron chi connectivity index (χ0n) is 12.6. The molecule has 23 heavy (non-hydrogen) atoms. The SMILES string of the molecule is O=C(Cn1cnc2ccccc21)N1CCSC1c1ccccc1. The van der Waals surface area contributed by atoms with Crippen LogP contribution in [0, 0.1) is 0 Å². The van der Waals surface area contributed by atoms with Crippen molar-refractivity contribution in [1.29, 1.82) is 0 Å². The normalized spacial score (nSPS) is 17.7. The molecule has 1 saturated heterocycles. The first kappa shape index (κ1) is 14.3. The van der Waals surface area contributed by atoms with E-state index < -0.39 is 0 Å². The Kier molecular flexibility index (Phi) is 3.79. The molecular formula is C18H17N3OS. The zero-order valence-corrected chi connectivity index (χ0v) is 13.4. The summed E-state index contributed by atoms with van der Waals surface area (Å²) in [6, 6.07) is 18.2.